The van der Waals surface area contributed by atoms with E-state index >= 15 is 0 Å². The molecule has 29 heavy (non-hydrogen) atoms. The number of carbonyl (C=O) groups excluding carboxylic acids is 3. The van der Waals surface area contributed by atoms with Gasteiger partial charge in [-0.25, -0.2) is 9.59 Å². The first-order chi connectivity index (χ1) is 13.6. The normalized spacial score (nSPS) is 28.3. The molecular weight excluding hydrogens is 438 g/mol. The van der Waals surface area contributed by atoms with Crippen molar-refractivity contribution in [3.8, 4) is 0 Å². The molecule has 2 fully saturated rings. The van der Waals surface area contributed by atoms with Crippen molar-refractivity contribution in [2.75, 3.05) is 0 Å². The van der Waals surface area contributed by atoms with E-state index < -0.39 is 29.8 Å². The molecular formula is C22H26BrNO5. The minimum absolute atomic E-state index is 0.00698. The van der Waals surface area contributed by atoms with Crippen LogP contribution >= 0.6 is 15.9 Å². The molecule has 4 rings (SSSR count). The number of aryl methyl sites for hydroxylation is 1. The Bertz CT molecular complexity index is 861. The molecule has 0 aromatic heterocycles. The van der Waals surface area contributed by atoms with Crippen LogP contribution in [0.1, 0.15) is 62.4 Å². The molecule has 4 atom stereocenters. The van der Waals surface area contributed by atoms with Crippen LogP contribution < -0.4 is 0 Å². The zero-order valence-electron chi connectivity index (χ0n) is 16.9. The van der Waals surface area contributed by atoms with Gasteiger partial charge in [-0.2, -0.15) is 0 Å². The summed E-state index contributed by atoms with van der Waals surface area (Å²) in [6, 6.07) is 4.87. The number of esters is 1. The predicted molar refractivity (Wildman–Crippen MR) is 110 cm³/mol. The van der Waals surface area contributed by atoms with E-state index in [1.807, 2.05) is 32.9 Å². The number of ketones is 1. The van der Waals surface area contributed by atoms with Gasteiger partial charge in [-0.1, -0.05) is 15.9 Å². The molecule has 1 amide bonds. The number of ether oxygens (including phenoxy) is 2. The number of benzene rings is 1. The number of carbonyl (C=O) groups is 3. The highest BCUT2D eigenvalue weighted by atomic mass is 79.9. The van der Waals surface area contributed by atoms with Crippen LogP contribution in [0.25, 0.3) is 0 Å². The van der Waals surface area contributed by atoms with Crippen molar-refractivity contribution < 1.29 is 23.9 Å². The smallest absolute Gasteiger partial charge is 0.411 e. The average Bonchev–Trinajstić information content (AvgIpc) is 3.24. The molecule has 3 aliphatic rings. The number of likely N-dealkylation sites (tertiary alicyclic amines) is 1. The van der Waals surface area contributed by atoms with Crippen molar-refractivity contribution >= 4 is 33.8 Å². The minimum Gasteiger partial charge on any atom is -0.452 e. The molecule has 156 valence electrons. The second-order valence-electron chi connectivity index (χ2n) is 9.19. The standard InChI is InChI=1S/C22H26BrNO5/c1-22(2,3)29-21(27)24-15-7-4-13(11-15)18(24)20(26)28-17-9-5-12-10-14(23)6-8-16(12)19(17)25/h6,8,10,13,15,17-18H,4-5,7,9,11H2,1-3H3/t13?,15-,17?,18?/m1/s1. The van der Waals surface area contributed by atoms with Gasteiger partial charge in [-0.15, -0.1) is 0 Å². The summed E-state index contributed by atoms with van der Waals surface area (Å²) in [7, 11) is 0. The second kappa shape index (κ2) is 7.42. The van der Waals surface area contributed by atoms with Crippen LogP contribution in [0.15, 0.2) is 22.7 Å². The van der Waals surface area contributed by atoms with E-state index in [1.54, 1.807) is 11.0 Å². The van der Waals surface area contributed by atoms with E-state index in [0.717, 1.165) is 29.3 Å². The highest BCUT2D eigenvalue weighted by molar-refractivity contribution is 9.10. The van der Waals surface area contributed by atoms with Crippen LogP contribution in [0, 0.1) is 5.92 Å². The number of Topliss-reactive ketones (excluding diaryl/α,β-unsaturated/α-hetero) is 1. The van der Waals surface area contributed by atoms with Crippen LogP contribution in [-0.2, 0) is 20.7 Å². The molecule has 7 heteroatoms. The number of rotatable bonds is 2. The SMILES string of the molecule is CC(C)(C)OC(=O)N1C(C(=O)OC2CCc3cc(Br)ccc3C2=O)C2CC[C@@H]1C2. The first-order valence-corrected chi connectivity index (χ1v) is 11.0. The number of piperidine rings is 1. The monoisotopic (exact) mass is 463 g/mol. The van der Waals surface area contributed by atoms with Crippen LogP contribution in [0.5, 0.6) is 0 Å². The molecule has 0 N–H and O–H groups in total. The predicted octanol–water partition coefficient (Wildman–Crippen LogP) is 4.28. The van der Waals surface area contributed by atoms with Crippen molar-refractivity contribution in [2.24, 2.45) is 5.92 Å². The zero-order valence-corrected chi connectivity index (χ0v) is 18.5. The van der Waals surface area contributed by atoms with Gasteiger partial charge in [0.25, 0.3) is 0 Å². The molecule has 3 unspecified atom stereocenters. The Morgan fingerprint density at radius 2 is 1.93 bits per heavy atom. The largest absolute Gasteiger partial charge is 0.452 e. The minimum atomic E-state index is -0.796. The third-order valence-corrected chi connectivity index (χ3v) is 6.48. The molecule has 1 aromatic carbocycles. The highest BCUT2D eigenvalue weighted by Crippen LogP contribution is 2.44. The number of hydrogen-bond donors (Lipinski definition) is 0. The Labute approximate surface area is 179 Å². The van der Waals surface area contributed by atoms with Gasteiger partial charge in [-0.3, -0.25) is 9.69 Å². The molecule has 1 aromatic rings. The topological polar surface area (TPSA) is 72.9 Å². The summed E-state index contributed by atoms with van der Waals surface area (Å²) in [5, 5.41) is 0. The molecule has 1 heterocycles. The van der Waals surface area contributed by atoms with Crippen LogP contribution in [0.4, 0.5) is 4.79 Å². The van der Waals surface area contributed by atoms with Crippen LogP contribution in [0.3, 0.4) is 0 Å². The van der Waals surface area contributed by atoms with Gasteiger partial charge in [0.05, 0.1) is 0 Å². The maximum Gasteiger partial charge on any atom is 0.411 e. The number of nitrogens with zero attached hydrogens (tertiary/aromatic N) is 1. The van der Waals surface area contributed by atoms with Gasteiger partial charge >= 0.3 is 12.1 Å². The fourth-order valence-electron chi connectivity index (χ4n) is 4.79. The number of halogens is 1. The maximum absolute atomic E-state index is 13.1. The third kappa shape index (κ3) is 3.93. The van der Waals surface area contributed by atoms with Gasteiger partial charge < -0.3 is 9.47 Å². The lowest BCUT2D eigenvalue weighted by Gasteiger charge is -2.36. The Kier molecular flexibility index (Phi) is 5.21. The van der Waals surface area contributed by atoms with Crippen molar-refractivity contribution in [3.63, 3.8) is 0 Å². The van der Waals surface area contributed by atoms with E-state index in [9.17, 15) is 14.4 Å². The average molecular weight is 464 g/mol. The maximum atomic E-state index is 13.1. The van der Waals surface area contributed by atoms with E-state index in [4.69, 9.17) is 9.47 Å². The van der Waals surface area contributed by atoms with Gasteiger partial charge in [-0.05, 0) is 82.6 Å². The fraction of sp³-hybridized carbons (Fsp3) is 0.591. The summed E-state index contributed by atoms with van der Waals surface area (Å²) in [6.45, 7) is 5.43. The lowest BCUT2D eigenvalue weighted by atomic mass is 9.88. The Hall–Kier alpha value is -1.89. The first-order valence-electron chi connectivity index (χ1n) is 10.2. The summed E-state index contributed by atoms with van der Waals surface area (Å²) in [5.41, 5.74) is 0.936. The lowest BCUT2D eigenvalue weighted by Crippen LogP contribution is -2.52. The molecule has 2 aliphatic carbocycles. The Morgan fingerprint density at radius 3 is 2.66 bits per heavy atom. The van der Waals surface area contributed by atoms with E-state index in [0.29, 0.717) is 18.4 Å². The Balaban J connectivity index is 1.49. The highest BCUT2D eigenvalue weighted by Gasteiger charge is 2.53. The lowest BCUT2D eigenvalue weighted by molar-refractivity contribution is -0.155. The van der Waals surface area contributed by atoms with Crippen LogP contribution in [-0.4, -0.2) is 46.5 Å². The van der Waals surface area contributed by atoms with Gasteiger partial charge in [0.2, 0.25) is 5.78 Å². The molecule has 0 spiro atoms. The summed E-state index contributed by atoms with van der Waals surface area (Å²) in [5.74, 6) is -0.581. The summed E-state index contributed by atoms with van der Waals surface area (Å²) in [6.07, 6.45) is 2.41. The molecule has 1 saturated heterocycles. The fourth-order valence-corrected chi connectivity index (χ4v) is 5.20. The van der Waals surface area contributed by atoms with E-state index in [1.165, 1.54) is 0 Å². The molecule has 6 nitrogen and oxygen atoms in total. The van der Waals surface area contributed by atoms with Crippen molar-refractivity contribution in [2.45, 2.75) is 76.7 Å². The van der Waals surface area contributed by atoms with E-state index in [2.05, 4.69) is 15.9 Å². The van der Waals surface area contributed by atoms with Crippen molar-refractivity contribution in [3.05, 3.63) is 33.8 Å². The van der Waals surface area contributed by atoms with Crippen molar-refractivity contribution in [1.82, 2.24) is 4.90 Å². The number of amides is 1. The van der Waals surface area contributed by atoms with Gasteiger partial charge in [0, 0.05) is 16.1 Å². The van der Waals surface area contributed by atoms with Crippen molar-refractivity contribution in [1.29, 1.82) is 0 Å². The molecule has 1 saturated carbocycles. The van der Waals surface area contributed by atoms with Gasteiger partial charge in [0.1, 0.15) is 11.6 Å². The molecule has 0 radical (unpaired) electrons. The quantitative estimate of drug-likeness (QED) is 0.611. The third-order valence-electron chi connectivity index (χ3n) is 5.99. The second-order valence-corrected chi connectivity index (χ2v) is 10.1. The summed E-state index contributed by atoms with van der Waals surface area (Å²) in [4.78, 5) is 40.2. The number of hydrogen-bond acceptors (Lipinski definition) is 5. The Morgan fingerprint density at radius 1 is 1.17 bits per heavy atom. The summed E-state index contributed by atoms with van der Waals surface area (Å²) >= 11 is 3.42. The van der Waals surface area contributed by atoms with E-state index in [-0.39, 0.29) is 17.7 Å². The van der Waals surface area contributed by atoms with Gasteiger partial charge in [0.15, 0.2) is 6.10 Å². The summed E-state index contributed by atoms with van der Waals surface area (Å²) < 4.78 is 12.1. The molecule has 1 aliphatic heterocycles. The van der Waals surface area contributed by atoms with Crippen LogP contribution in [0.2, 0.25) is 0 Å². The molecule has 2 bridgehead atoms. The first kappa shape index (κ1) is 20.4. The number of fused-ring (bicyclic) bond motifs is 3. The zero-order chi connectivity index (χ0) is 20.9.